The van der Waals surface area contributed by atoms with Gasteiger partial charge in [-0.2, -0.15) is 0 Å². The Kier molecular flexibility index (Phi) is 9.20. The van der Waals surface area contributed by atoms with E-state index in [1.165, 1.54) is 36.6 Å². The zero-order valence-corrected chi connectivity index (χ0v) is 21.6. The van der Waals surface area contributed by atoms with Gasteiger partial charge in [-0.15, -0.1) is 10.2 Å². The monoisotopic (exact) mass is 492 g/mol. The van der Waals surface area contributed by atoms with Crippen LogP contribution in [0.15, 0.2) is 59.8 Å². The first-order chi connectivity index (χ1) is 17.2. The van der Waals surface area contributed by atoms with Gasteiger partial charge < -0.3 is 14.8 Å². The van der Waals surface area contributed by atoms with Gasteiger partial charge >= 0.3 is 0 Å². The molecule has 0 aliphatic carbocycles. The first-order valence-electron chi connectivity index (χ1n) is 12.6. The third kappa shape index (κ3) is 7.08. The highest BCUT2D eigenvalue weighted by molar-refractivity contribution is 7.99. The molecule has 3 aromatic rings. The Labute approximate surface area is 212 Å². The van der Waals surface area contributed by atoms with E-state index in [0.29, 0.717) is 6.54 Å². The lowest BCUT2D eigenvalue weighted by Gasteiger charge is -2.26. The number of hydrogen-bond donors (Lipinski definition) is 1. The zero-order valence-electron chi connectivity index (χ0n) is 20.8. The van der Waals surface area contributed by atoms with Crippen molar-refractivity contribution in [1.82, 2.24) is 19.7 Å². The summed E-state index contributed by atoms with van der Waals surface area (Å²) in [6.07, 6.45) is 3.79. The van der Waals surface area contributed by atoms with Gasteiger partial charge in [0.15, 0.2) is 5.16 Å². The van der Waals surface area contributed by atoms with E-state index in [2.05, 4.69) is 80.1 Å². The summed E-state index contributed by atoms with van der Waals surface area (Å²) in [6, 6.07) is 18.4. The van der Waals surface area contributed by atoms with E-state index in [9.17, 15) is 4.79 Å². The van der Waals surface area contributed by atoms with Crippen LogP contribution < -0.4 is 10.2 Å². The van der Waals surface area contributed by atoms with Crippen molar-refractivity contribution in [2.45, 2.75) is 51.4 Å². The number of likely N-dealkylation sites (tertiary alicyclic amines) is 1. The molecule has 1 N–H and O–H groups in total. The maximum Gasteiger partial charge on any atom is 0.234 e. The number of benzene rings is 2. The molecule has 0 unspecified atom stereocenters. The summed E-state index contributed by atoms with van der Waals surface area (Å²) in [5.74, 6) is 1.21. The minimum atomic E-state index is -0.0440. The first kappa shape index (κ1) is 25.3. The van der Waals surface area contributed by atoms with E-state index in [1.807, 2.05) is 18.2 Å². The molecule has 1 aromatic heterocycles. The lowest BCUT2D eigenvalue weighted by Crippen LogP contribution is -2.30. The minimum absolute atomic E-state index is 0.0440. The van der Waals surface area contributed by atoms with E-state index in [0.717, 1.165) is 55.1 Å². The van der Waals surface area contributed by atoms with Crippen LogP contribution in [0.3, 0.4) is 0 Å². The minimum Gasteiger partial charge on any atom is -0.372 e. The number of aromatic nitrogens is 3. The lowest BCUT2D eigenvalue weighted by atomic mass is 10.1. The zero-order chi connectivity index (χ0) is 24.5. The Balaban J connectivity index is 1.40. The van der Waals surface area contributed by atoms with Crippen LogP contribution in [-0.2, 0) is 17.9 Å². The smallest absolute Gasteiger partial charge is 0.234 e. The molecular formula is C27H36N6OS. The summed E-state index contributed by atoms with van der Waals surface area (Å²) < 4.78 is 2.17. The van der Waals surface area contributed by atoms with Crippen LogP contribution in [-0.4, -0.2) is 57.5 Å². The van der Waals surface area contributed by atoms with Gasteiger partial charge in [0.05, 0.1) is 18.8 Å². The van der Waals surface area contributed by atoms with Gasteiger partial charge in [0.25, 0.3) is 0 Å². The van der Waals surface area contributed by atoms with Crippen molar-refractivity contribution in [3.05, 3.63) is 66.0 Å². The van der Waals surface area contributed by atoms with Crippen molar-refractivity contribution in [3.63, 3.8) is 0 Å². The van der Waals surface area contributed by atoms with Crippen LogP contribution in [0.2, 0.25) is 0 Å². The fourth-order valence-corrected chi connectivity index (χ4v) is 5.21. The number of nitrogens with zero attached hydrogens (tertiary/aromatic N) is 5. The van der Waals surface area contributed by atoms with Crippen LogP contribution in [0.25, 0.3) is 0 Å². The van der Waals surface area contributed by atoms with Crippen LogP contribution in [0.5, 0.6) is 0 Å². The lowest BCUT2D eigenvalue weighted by molar-refractivity contribution is -0.113. The van der Waals surface area contributed by atoms with Gasteiger partial charge in [0.1, 0.15) is 5.82 Å². The normalized spacial score (nSPS) is 14.1. The Morgan fingerprint density at radius 1 is 0.943 bits per heavy atom. The molecule has 35 heavy (non-hydrogen) atoms. The van der Waals surface area contributed by atoms with Gasteiger partial charge in [-0.1, -0.05) is 48.5 Å². The van der Waals surface area contributed by atoms with Gasteiger partial charge in [0.2, 0.25) is 5.91 Å². The number of amides is 1. The fraction of sp³-hybridized carbons (Fsp3) is 0.444. The second-order valence-corrected chi connectivity index (χ2v) is 9.81. The Bertz CT molecular complexity index is 1060. The number of nitrogens with one attached hydrogen (secondary N) is 1. The summed E-state index contributed by atoms with van der Waals surface area (Å²) in [5, 5.41) is 12.8. The van der Waals surface area contributed by atoms with Gasteiger partial charge in [-0.3, -0.25) is 9.69 Å². The molecule has 7 nitrogen and oxygen atoms in total. The second kappa shape index (κ2) is 12.7. The van der Waals surface area contributed by atoms with Crippen molar-refractivity contribution in [1.29, 1.82) is 0 Å². The fourth-order valence-electron chi connectivity index (χ4n) is 4.46. The third-order valence-corrected chi connectivity index (χ3v) is 7.37. The highest BCUT2D eigenvalue weighted by Gasteiger charge is 2.19. The molecule has 1 aliphatic heterocycles. The predicted molar refractivity (Wildman–Crippen MR) is 144 cm³/mol. The van der Waals surface area contributed by atoms with Crippen LogP contribution in [0, 0.1) is 0 Å². The average Bonchev–Trinajstić information content (AvgIpc) is 3.26. The Hall–Kier alpha value is -2.84. The first-order valence-corrected chi connectivity index (χ1v) is 13.6. The number of carbonyl (C=O) groups excluding carboxylic acids is 1. The summed E-state index contributed by atoms with van der Waals surface area (Å²) in [7, 11) is 0. The topological polar surface area (TPSA) is 66.3 Å². The molecule has 0 bridgehead atoms. The summed E-state index contributed by atoms with van der Waals surface area (Å²) >= 11 is 1.44. The molecule has 0 saturated carbocycles. The van der Waals surface area contributed by atoms with Crippen molar-refractivity contribution in [2.24, 2.45) is 0 Å². The largest absolute Gasteiger partial charge is 0.372 e. The van der Waals surface area contributed by atoms with Gasteiger partial charge in [-0.05, 0) is 69.6 Å². The maximum atomic E-state index is 12.7. The molecule has 1 fully saturated rings. The Morgan fingerprint density at radius 2 is 1.66 bits per heavy atom. The molecule has 1 aliphatic rings. The highest BCUT2D eigenvalue weighted by Crippen LogP contribution is 2.22. The quantitative estimate of drug-likeness (QED) is 0.385. The number of thioether (sulfide) groups is 1. The van der Waals surface area contributed by atoms with E-state index in [-0.39, 0.29) is 11.7 Å². The van der Waals surface area contributed by atoms with Crippen LogP contribution in [0.1, 0.15) is 44.5 Å². The number of hydrogen-bond acceptors (Lipinski definition) is 6. The molecule has 1 saturated heterocycles. The molecule has 1 amide bonds. The molecular weight excluding hydrogens is 456 g/mol. The molecule has 0 spiro atoms. The molecule has 0 radical (unpaired) electrons. The molecule has 186 valence electrons. The Morgan fingerprint density at radius 3 is 2.34 bits per heavy atom. The van der Waals surface area contributed by atoms with Crippen molar-refractivity contribution in [3.8, 4) is 0 Å². The third-order valence-electron chi connectivity index (χ3n) is 6.40. The number of rotatable bonds is 11. The maximum absolute atomic E-state index is 12.7. The second-order valence-electron chi connectivity index (χ2n) is 8.86. The van der Waals surface area contributed by atoms with Crippen molar-refractivity contribution >= 4 is 29.0 Å². The average molecular weight is 493 g/mol. The molecule has 2 aromatic carbocycles. The van der Waals surface area contributed by atoms with Crippen molar-refractivity contribution < 1.29 is 4.79 Å². The summed E-state index contributed by atoms with van der Waals surface area (Å²) in [4.78, 5) is 17.4. The number of piperidine rings is 1. The molecule has 8 heteroatoms. The van der Waals surface area contributed by atoms with E-state index < -0.39 is 0 Å². The van der Waals surface area contributed by atoms with Gasteiger partial charge in [-0.25, -0.2) is 0 Å². The predicted octanol–water partition coefficient (Wildman–Crippen LogP) is 4.89. The SMILES string of the molecule is CCN(CC)c1ccc(NC(=O)CSc2nnc(CN3CCCCC3)n2Cc2ccccc2)cc1. The van der Waals surface area contributed by atoms with E-state index in [1.54, 1.807) is 0 Å². The van der Waals surface area contributed by atoms with Crippen molar-refractivity contribution in [2.75, 3.05) is 42.1 Å². The highest BCUT2D eigenvalue weighted by atomic mass is 32.2. The standard InChI is InChI=1S/C27H36N6OS/c1-3-32(4-2)24-15-13-23(14-16-24)28-26(34)21-35-27-30-29-25(20-31-17-9-6-10-18-31)33(27)19-22-11-7-5-8-12-22/h5,7-8,11-16H,3-4,6,9-10,17-21H2,1-2H3,(H,28,34). The summed E-state index contributed by atoms with van der Waals surface area (Å²) in [5.41, 5.74) is 3.17. The molecule has 2 heterocycles. The summed E-state index contributed by atoms with van der Waals surface area (Å²) in [6.45, 7) is 9.92. The molecule has 4 rings (SSSR count). The van der Waals surface area contributed by atoms with E-state index >= 15 is 0 Å². The molecule has 0 atom stereocenters. The van der Waals surface area contributed by atoms with Gasteiger partial charge in [0, 0.05) is 24.5 Å². The number of anilines is 2. The van der Waals surface area contributed by atoms with Crippen LogP contribution in [0.4, 0.5) is 11.4 Å². The van der Waals surface area contributed by atoms with E-state index in [4.69, 9.17) is 0 Å². The number of carbonyl (C=O) groups is 1. The van der Waals surface area contributed by atoms with Crippen LogP contribution >= 0.6 is 11.8 Å².